The molecule has 0 saturated carbocycles. The molecule has 0 unspecified atom stereocenters. The third kappa shape index (κ3) is 2.87. The first-order valence-corrected chi connectivity index (χ1v) is 6.78. The molecule has 1 amide bonds. The summed E-state index contributed by atoms with van der Waals surface area (Å²) in [6.07, 6.45) is 2.34. The van der Waals surface area contributed by atoms with Crippen LogP contribution in [0.25, 0.3) is 5.78 Å². The summed E-state index contributed by atoms with van der Waals surface area (Å²) in [4.78, 5) is 20.3. The molecule has 2 aromatic rings. The lowest BCUT2D eigenvalue weighted by atomic mass is 10.1. The summed E-state index contributed by atoms with van der Waals surface area (Å²) in [7, 11) is 0. The van der Waals surface area contributed by atoms with Gasteiger partial charge in [0, 0.05) is 23.5 Å². The lowest BCUT2D eigenvalue weighted by Gasteiger charge is -2.10. The van der Waals surface area contributed by atoms with Crippen molar-refractivity contribution in [1.29, 1.82) is 0 Å². The number of nitrogens with one attached hydrogen (secondary N) is 1. The lowest BCUT2D eigenvalue weighted by Crippen LogP contribution is -2.27. The van der Waals surface area contributed by atoms with E-state index in [1.165, 1.54) is 0 Å². The van der Waals surface area contributed by atoms with E-state index in [0.717, 1.165) is 29.8 Å². The van der Waals surface area contributed by atoms with Crippen LogP contribution in [0.4, 0.5) is 5.95 Å². The summed E-state index contributed by atoms with van der Waals surface area (Å²) in [5.41, 5.74) is 8.09. The molecule has 108 valence electrons. The van der Waals surface area contributed by atoms with Gasteiger partial charge in [-0.3, -0.25) is 4.79 Å². The average Bonchev–Trinajstić information content (AvgIpc) is 2.75. The Morgan fingerprint density at radius 2 is 2.10 bits per heavy atom. The zero-order chi connectivity index (χ0) is 14.7. The zero-order valence-electron chi connectivity index (χ0n) is 12.1. The van der Waals surface area contributed by atoms with Gasteiger partial charge in [0.2, 0.25) is 11.9 Å². The molecule has 2 aromatic heterocycles. The first kappa shape index (κ1) is 14.2. The van der Waals surface area contributed by atoms with E-state index in [1.807, 2.05) is 13.8 Å². The number of aromatic nitrogens is 4. The Kier molecular flexibility index (Phi) is 4.16. The van der Waals surface area contributed by atoms with Crippen LogP contribution < -0.4 is 11.1 Å². The third-order valence-electron chi connectivity index (χ3n) is 3.26. The minimum atomic E-state index is -0.00103. The maximum atomic E-state index is 11.9. The molecule has 0 aliphatic carbocycles. The predicted molar refractivity (Wildman–Crippen MR) is 76.3 cm³/mol. The van der Waals surface area contributed by atoms with Gasteiger partial charge in [-0.25, -0.2) is 4.98 Å². The van der Waals surface area contributed by atoms with Gasteiger partial charge in [0.15, 0.2) is 0 Å². The topological polar surface area (TPSA) is 98.2 Å². The number of nitrogens with two attached hydrogens (primary N) is 1. The minimum absolute atomic E-state index is 0.00103. The SMILES string of the molecule is CCCCNC(=O)Cc1c(C)nc2nc(N)nn2c1C. The van der Waals surface area contributed by atoms with Crippen LogP contribution in [0, 0.1) is 13.8 Å². The van der Waals surface area contributed by atoms with Gasteiger partial charge in [-0.2, -0.15) is 9.50 Å². The van der Waals surface area contributed by atoms with E-state index in [2.05, 4.69) is 27.3 Å². The van der Waals surface area contributed by atoms with Gasteiger partial charge in [-0.1, -0.05) is 13.3 Å². The zero-order valence-corrected chi connectivity index (χ0v) is 12.1. The fourth-order valence-corrected chi connectivity index (χ4v) is 2.11. The Morgan fingerprint density at radius 1 is 1.35 bits per heavy atom. The summed E-state index contributed by atoms with van der Waals surface area (Å²) >= 11 is 0. The molecule has 0 aliphatic heterocycles. The van der Waals surface area contributed by atoms with Crippen molar-refractivity contribution in [3.63, 3.8) is 0 Å². The van der Waals surface area contributed by atoms with E-state index in [0.29, 0.717) is 18.7 Å². The van der Waals surface area contributed by atoms with E-state index in [-0.39, 0.29) is 11.9 Å². The summed E-state index contributed by atoms with van der Waals surface area (Å²) in [6, 6.07) is 0. The molecule has 0 atom stereocenters. The van der Waals surface area contributed by atoms with E-state index in [9.17, 15) is 4.79 Å². The monoisotopic (exact) mass is 276 g/mol. The van der Waals surface area contributed by atoms with Gasteiger partial charge in [0.1, 0.15) is 0 Å². The Bertz CT molecular complexity index is 633. The van der Waals surface area contributed by atoms with Crippen molar-refractivity contribution >= 4 is 17.6 Å². The quantitative estimate of drug-likeness (QED) is 0.786. The molecule has 0 fully saturated rings. The Labute approximate surface area is 117 Å². The average molecular weight is 276 g/mol. The van der Waals surface area contributed by atoms with Crippen LogP contribution in [0.3, 0.4) is 0 Å². The first-order valence-electron chi connectivity index (χ1n) is 6.78. The molecule has 0 saturated heterocycles. The van der Waals surface area contributed by atoms with E-state index < -0.39 is 0 Å². The number of fused-ring (bicyclic) bond motifs is 1. The van der Waals surface area contributed by atoms with Crippen molar-refractivity contribution in [3.8, 4) is 0 Å². The standard InChI is InChI=1S/C13H20N6O/c1-4-5-6-15-11(20)7-10-8(2)16-13-17-12(14)18-19(13)9(10)3/h4-7H2,1-3H3,(H2,14,18)(H,15,20). The highest BCUT2D eigenvalue weighted by molar-refractivity contribution is 5.79. The largest absolute Gasteiger partial charge is 0.366 e. The van der Waals surface area contributed by atoms with Crippen molar-refractivity contribution in [2.45, 2.75) is 40.0 Å². The molecule has 0 aliphatic rings. The Balaban J connectivity index is 2.23. The fraction of sp³-hybridized carbons (Fsp3) is 0.538. The maximum absolute atomic E-state index is 11.9. The number of carbonyl (C=O) groups excluding carboxylic acids is 1. The second-order valence-corrected chi connectivity index (χ2v) is 4.82. The van der Waals surface area contributed by atoms with E-state index in [4.69, 9.17) is 5.73 Å². The molecular formula is C13H20N6O. The predicted octanol–water partition coefficient (Wildman–Crippen LogP) is 0.782. The Morgan fingerprint density at radius 3 is 2.80 bits per heavy atom. The van der Waals surface area contributed by atoms with E-state index in [1.54, 1.807) is 4.52 Å². The van der Waals surface area contributed by atoms with Crippen LogP contribution >= 0.6 is 0 Å². The first-order chi connectivity index (χ1) is 9.52. The van der Waals surface area contributed by atoms with Crippen LogP contribution in [0.5, 0.6) is 0 Å². The molecule has 0 radical (unpaired) electrons. The molecule has 3 N–H and O–H groups in total. The number of anilines is 1. The van der Waals surface area contributed by atoms with Crippen LogP contribution in [-0.4, -0.2) is 32.0 Å². The normalized spacial score (nSPS) is 10.9. The van der Waals surface area contributed by atoms with Gasteiger partial charge in [0.25, 0.3) is 5.78 Å². The number of amides is 1. The van der Waals surface area contributed by atoms with Crippen LogP contribution in [0.2, 0.25) is 0 Å². The van der Waals surface area contributed by atoms with Gasteiger partial charge in [-0.05, 0) is 20.3 Å². The summed E-state index contributed by atoms with van der Waals surface area (Å²) in [5, 5.41) is 6.99. The second-order valence-electron chi connectivity index (χ2n) is 4.82. The van der Waals surface area contributed by atoms with Gasteiger partial charge < -0.3 is 11.1 Å². The number of hydrogen-bond acceptors (Lipinski definition) is 5. The van der Waals surface area contributed by atoms with Crippen LogP contribution in [-0.2, 0) is 11.2 Å². The molecule has 0 aromatic carbocycles. The smallest absolute Gasteiger partial charge is 0.254 e. The summed E-state index contributed by atoms with van der Waals surface area (Å²) < 4.78 is 1.58. The number of carbonyl (C=O) groups is 1. The molecule has 0 bridgehead atoms. The second kappa shape index (κ2) is 5.85. The third-order valence-corrected chi connectivity index (χ3v) is 3.26. The van der Waals surface area contributed by atoms with Crippen LogP contribution in [0.1, 0.15) is 36.7 Å². The fourth-order valence-electron chi connectivity index (χ4n) is 2.11. The number of unbranched alkanes of at least 4 members (excludes halogenated alkanes) is 1. The molecule has 7 nitrogen and oxygen atoms in total. The molecule has 20 heavy (non-hydrogen) atoms. The lowest BCUT2D eigenvalue weighted by molar-refractivity contribution is -0.120. The van der Waals surface area contributed by atoms with Gasteiger partial charge in [-0.15, -0.1) is 5.10 Å². The van der Waals surface area contributed by atoms with Crippen molar-refractivity contribution in [2.24, 2.45) is 0 Å². The van der Waals surface area contributed by atoms with Gasteiger partial charge in [0.05, 0.1) is 6.42 Å². The summed E-state index contributed by atoms with van der Waals surface area (Å²) in [5.74, 6) is 0.649. The number of hydrogen-bond donors (Lipinski definition) is 2. The highest BCUT2D eigenvalue weighted by Gasteiger charge is 2.15. The maximum Gasteiger partial charge on any atom is 0.254 e. The molecule has 0 spiro atoms. The Hall–Kier alpha value is -2.18. The summed E-state index contributed by atoms with van der Waals surface area (Å²) in [6.45, 7) is 6.56. The van der Waals surface area contributed by atoms with E-state index >= 15 is 0 Å². The van der Waals surface area contributed by atoms with Crippen molar-refractivity contribution in [2.75, 3.05) is 12.3 Å². The van der Waals surface area contributed by atoms with Gasteiger partial charge >= 0.3 is 0 Å². The van der Waals surface area contributed by atoms with Crippen molar-refractivity contribution < 1.29 is 4.79 Å². The molecule has 2 heterocycles. The molecular weight excluding hydrogens is 256 g/mol. The minimum Gasteiger partial charge on any atom is -0.366 e. The highest BCUT2D eigenvalue weighted by atomic mass is 16.1. The van der Waals surface area contributed by atoms with Crippen molar-refractivity contribution in [3.05, 3.63) is 17.0 Å². The number of rotatable bonds is 5. The number of aryl methyl sites for hydroxylation is 2. The number of nitrogens with zero attached hydrogens (tertiary/aromatic N) is 4. The van der Waals surface area contributed by atoms with Crippen molar-refractivity contribution in [1.82, 2.24) is 24.9 Å². The number of nitrogen functional groups attached to an aromatic ring is 1. The highest BCUT2D eigenvalue weighted by Crippen LogP contribution is 2.14. The molecule has 2 rings (SSSR count). The molecule has 7 heteroatoms. The van der Waals surface area contributed by atoms with Crippen LogP contribution in [0.15, 0.2) is 0 Å².